The van der Waals surface area contributed by atoms with Gasteiger partial charge < -0.3 is 10.4 Å². The van der Waals surface area contributed by atoms with E-state index in [2.05, 4.69) is 10.3 Å². The second-order valence-corrected chi connectivity index (χ2v) is 5.66. The van der Waals surface area contributed by atoms with E-state index in [-0.39, 0.29) is 28.1 Å². The number of nitrogens with zero attached hydrogens (tertiary/aromatic N) is 1. The molecule has 0 aliphatic heterocycles. The lowest BCUT2D eigenvalue weighted by atomic mass is 10.1. The minimum atomic E-state index is -0.437. The number of aryl methyl sites for hydroxylation is 1. The van der Waals surface area contributed by atoms with Gasteiger partial charge in [0.2, 0.25) is 0 Å². The van der Waals surface area contributed by atoms with Crippen LogP contribution in [0.15, 0.2) is 17.5 Å². The molecule has 2 aromatic rings. The van der Waals surface area contributed by atoms with Gasteiger partial charge in [-0.2, -0.15) is 0 Å². The standard InChI is InChI=1S/C14H13ClN2O3S/c1-7-6-21-14(16-7)13(20)17-12-10(8(2)19)4-3-9(5-18)11(12)15/h3-4,6,18H,5H2,1-2H3,(H,17,20). The van der Waals surface area contributed by atoms with Crippen LogP contribution in [0.5, 0.6) is 0 Å². The highest BCUT2D eigenvalue weighted by molar-refractivity contribution is 7.11. The predicted octanol–water partition coefficient (Wildman–Crippen LogP) is 3.05. The van der Waals surface area contributed by atoms with Gasteiger partial charge in [0.05, 0.1) is 17.3 Å². The van der Waals surface area contributed by atoms with Crippen molar-refractivity contribution in [3.05, 3.63) is 44.4 Å². The largest absolute Gasteiger partial charge is 0.392 e. The van der Waals surface area contributed by atoms with Crippen LogP contribution in [0, 0.1) is 6.92 Å². The topological polar surface area (TPSA) is 79.3 Å². The maximum atomic E-state index is 12.2. The molecule has 1 aromatic heterocycles. The summed E-state index contributed by atoms with van der Waals surface area (Å²) >= 11 is 7.36. The monoisotopic (exact) mass is 324 g/mol. The minimum Gasteiger partial charge on any atom is -0.392 e. The van der Waals surface area contributed by atoms with Crippen molar-refractivity contribution in [2.45, 2.75) is 20.5 Å². The van der Waals surface area contributed by atoms with Gasteiger partial charge in [0.15, 0.2) is 10.8 Å². The van der Waals surface area contributed by atoms with Gasteiger partial charge in [-0.15, -0.1) is 11.3 Å². The summed E-state index contributed by atoms with van der Waals surface area (Å²) in [6, 6.07) is 3.09. The zero-order valence-corrected chi connectivity index (χ0v) is 13.0. The number of aliphatic hydroxyl groups is 1. The third-order valence-electron chi connectivity index (χ3n) is 2.82. The zero-order chi connectivity index (χ0) is 15.6. The molecule has 1 heterocycles. The number of nitrogens with one attached hydrogen (secondary N) is 1. The van der Waals surface area contributed by atoms with E-state index in [1.807, 2.05) is 0 Å². The molecule has 0 aliphatic carbocycles. The normalized spacial score (nSPS) is 10.5. The Morgan fingerprint density at radius 2 is 2.14 bits per heavy atom. The van der Waals surface area contributed by atoms with Gasteiger partial charge in [-0.1, -0.05) is 17.7 Å². The number of hydrogen-bond acceptors (Lipinski definition) is 5. The Morgan fingerprint density at radius 3 is 2.67 bits per heavy atom. The molecule has 1 amide bonds. The molecule has 0 radical (unpaired) electrons. The lowest BCUT2D eigenvalue weighted by Gasteiger charge is -2.13. The highest BCUT2D eigenvalue weighted by Gasteiger charge is 2.18. The van der Waals surface area contributed by atoms with Crippen molar-refractivity contribution in [1.29, 1.82) is 0 Å². The van der Waals surface area contributed by atoms with Crippen LogP contribution in [0.25, 0.3) is 0 Å². The minimum absolute atomic E-state index is 0.159. The van der Waals surface area contributed by atoms with Gasteiger partial charge in [-0.05, 0) is 25.5 Å². The summed E-state index contributed by atoms with van der Waals surface area (Å²) in [5.74, 6) is -0.667. The molecule has 0 spiro atoms. The third kappa shape index (κ3) is 3.29. The number of rotatable bonds is 4. The van der Waals surface area contributed by atoms with E-state index in [0.717, 1.165) is 5.69 Å². The van der Waals surface area contributed by atoms with E-state index < -0.39 is 5.91 Å². The first kappa shape index (κ1) is 15.6. The highest BCUT2D eigenvalue weighted by atomic mass is 35.5. The first-order valence-electron chi connectivity index (χ1n) is 6.10. The first-order chi connectivity index (χ1) is 9.93. The van der Waals surface area contributed by atoms with Crippen molar-refractivity contribution in [2.75, 3.05) is 5.32 Å². The van der Waals surface area contributed by atoms with Crippen LogP contribution in [0.2, 0.25) is 5.02 Å². The van der Waals surface area contributed by atoms with Crippen molar-refractivity contribution in [1.82, 2.24) is 4.98 Å². The second kappa shape index (κ2) is 6.34. The number of carbonyl (C=O) groups excluding carboxylic acids is 2. The van der Waals surface area contributed by atoms with Gasteiger partial charge in [-0.3, -0.25) is 9.59 Å². The highest BCUT2D eigenvalue weighted by Crippen LogP contribution is 2.31. The molecule has 0 bridgehead atoms. The molecule has 0 aliphatic rings. The molecule has 21 heavy (non-hydrogen) atoms. The Labute approximate surface area is 130 Å². The first-order valence-corrected chi connectivity index (χ1v) is 7.36. The average molecular weight is 325 g/mol. The van der Waals surface area contributed by atoms with Crippen LogP contribution in [-0.2, 0) is 6.61 Å². The van der Waals surface area contributed by atoms with Crippen molar-refractivity contribution in [3.8, 4) is 0 Å². The molecular weight excluding hydrogens is 312 g/mol. The third-order valence-corrected chi connectivity index (χ3v) is 4.21. The smallest absolute Gasteiger partial charge is 0.284 e. The van der Waals surface area contributed by atoms with Crippen molar-refractivity contribution >= 4 is 40.3 Å². The Bertz CT molecular complexity index is 712. The van der Waals surface area contributed by atoms with Crippen molar-refractivity contribution in [2.24, 2.45) is 0 Å². The summed E-state index contributed by atoms with van der Waals surface area (Å²) < 4.78 is 0. The Morgan fingerprint density at radius 1 is 1.43 bits per heavy atom. The van der Waals surface area contributed by atoms with Crippen molar-refractivity contribution < 1.29 is 14.7 Å². The van der Waals surface area contributed by atoms with E-state index in [4.69, 9.17) is 11.6 Å². The molecule has 110 valence electrons. The molecule has 5 nitrogen and oxygen atoms in total. The van der Waals surface area contributed by atoms with E-state index in [1.54, 1.807) is 18.4 Å². The van der Waals surface area contributed by atoms with Crippen LogP contribution in [0.3, 0.4) is 0 Å². The number of benzene rings is 1. The number of aromatic nitrogens is 1. The molecule has 0 saturated carbocycles. The molecule has 2 rings (SSSR count). The number of carbonyl (C=O) groups is 2. The predicted molar refractivity (Wildman–Crippen MR) is 82.2 cm³/mol. The van der Waals surface area contributed by atoms with Gasteiger partial charge >= 0.3 is 0 Å². The van der Waals surface area contributed by atoms with Crippen LogP contribution in [0.1, 0.15) is 38.3 Å². The van der Waals surface area contributed by atoms with E-state index in [9.17, 15) is 14.7 Å². The van der Waals surface area contributed by atoms with Crippen LogP contribution >= 0.6 is 22.9 Å². The average Bonchev–Trinajstić information content (AvgIpc) is 2.87. The molecule has 0 atom stereocenters. The summed E-state index contributed by atoms with van der Waals surface area (Å²) in [6.07, 6.45) is 0. The van der Waals surface area contributed by atoms with E-state index in [1.165, 1.54) is 24.3 Å². The number of hydrogen-bond donors (Lipinski definition) is 2. The number of ketones is 1. The fourth-order valence-corrected chi connectivity index (χ4v) is 2.74. The van der Waals surface area contributed by atoms with Crippen molar-refractivity contribution in [3.63, 3.8) is 0 Å². The Kier molecular flexibility index (Phi) is 4.72. The van der Waals surface area contributed by atoms with Gasteiger partial charge in [0, 0.05) is 16.6 Å². The Balaban J connectivity index is 2.42. The molecule has 1 aromatic carbocycles. The lowest BCUT2D eigenvalue weighted by Crippen LogP contribution is -2.15. The number of halogens is 1. The molecular formula is C14H13ClN2O3S. The summed E-state index contributed by atoms with van der Waals surface area (Å²) in [6.45, 7) is 2.89. The fourth-order valence-electron chi connectivity index (χ4n) is 1.78. The summed E-state index contributed by atoms with van der Waals surface area (Å²) in [4.78, 5) is 27.9. The summed E-state index contributed by atoms with van der Waals surface area (Å²) in [5, 5.41) is 14.0. The maximum absolute atomic E-state index is 12.2. The number of thiazole rings is 1. The molecule has 0 saturated heterocycles. The zero-order valence-electron chi connectivity index (χ0n) is 11.4. The molecule has 2 N–H and O–H groups in total. The van der Waals surface area contributed by atoms with Crippen LogP contribution in [-0.4, -0.2) is 21.8 Å². The number of amides is 1. The molecule has 0 unspecified atom stereocenters. The fraction of sp³-hybridized carbons (Fsp3) is 0.214. The molecule has 7 heteroatoms. The summed E-state index contributed by atoms with van der Waals surface area (Å²) in [7, 11) is 0. The van der Waals surface area contributed by atoms with Gasteiger partial charge in [-0.25, -0.2) is 4.98 Å². The van der Waals surface area contributed by atoms with E-state index >= 15 is 0 Å². The van der Waals surface area contributed by atoms with Crippen LogP contribution in [0.4, 0.5) is 5.69 Å². The molecule has 0 fully saturated rings. The number of anilines is 1. The van der Waals surface area contributed by atoms with Gasteiger partial charge in [0.25, 0.3) is 5.91 Å². The van der Waals surface area contributed by atoms with Gasteiger partial charge in [0.1, 0.15) is 0 Å². The quantitative estimate of drug-likeness (QED) is 0.847. The van der Waals surface area contributed by atoms with E-state index in [0.29, 0.717) is 11.1 Å². The number of aliphatic hydroxyl groups excluding tert-OH is 1. The summed E-state index contributed by atoms with van der Waals surface area (Å²) in [5.41, 5.74) is 1.67. The number of Topliss-reactive ketones (excluding diaryl/α,β-unsaturated/α-hetero) is 1. The maximum Gasteiger partial charge on any atom is 0.284 e. The second-order valence-electron chi connectivity index (χ2n) is 4.42. The lowest BCUT2D eigenvalue weighted by molar-refractivity contribution is 0.101. The SMILES string of the molecule is CC(=O)c1ccc(CO)c(Cl)c1NC(=O)c1nc(C)cs1. The Hall–Kier alpha value is -1.76. The van der Waals surface area contributed by atoms with Crippen LogP contribution < -0.4 is 5.32 Å².